The molecule has 5 nitrogen and oxygen atoms in total. The number of aryl methyl sites for hydroxylation is 1. The lowest BCUT2D eigenvalue weighted by atomic mass is 10.1. The quantitative estimate of drug-likeness (QED) is 0.729. The van der Waals surface area contributed by atoms with Crippen molar-refractivity contribution in [3.63, 3.8) is 0 Å². The molecule has 0 radical (unpaired) electrons. The van der Waals surface area contributed by atoms with Crippen molar-refractivity contribution >= 4 is 29.2 Å². The molecule has 6 heteroatoms. The lowest BCUT2D eigenvalue weighted by Crippen LogP contribution is -2.43. The smallest absolute Gasteiger partial charge is 0.344 e. The van der Waals surface area contributed by atoms with Crippen molar-refractivity contribution in [2.75, 3.05) is 11.5 Å². The van der Waals surface area contributed by atoms with E-state index >= 15 is 0 Å². The number of anilines is 1. The molecule has 1 aliphatic heterocycles. The first-order valence-electron chi connectivity index (χ1n) is 8.86. The minimum Gasteiger partial charge on any atom is -0.482 e. The van der Waals surface area contributed by atoms with Crippen molar-refractivity contribution in [3.8, 4) is 5.75 Å². The van der Waals surface area contributed by atoms with Crippen LogP contribution in [0.2, 0.25) is 5.02 Å². The van der Waals surface area contributed by atoms with Crippen molar-refractivity contribution in [1.29, 1.82) is 0 Å². The fourth-order valence-electron chi connectivity index (χ4n) is 3.23. The Kier molecular flexibility index (Phi) is 5.71. The average molecular weight is 388 g/mol. The standard InChI is InChI=1S/C21H22ClNO4/c1-13-10-17(8-9-18(13)22)26-12-20(24)27-15(3)21(25)23-14(2)11-16-6-4-5-7-19(16)23/h4-10,14-15H,11-12H2,1-3H3/t14-,15+/m1/s1. The van der Waals surface area contributed by atoms with Gasteiger partial charge in [-0.05, 0) is 62.6 Å². The number of halogens is 1. The molecule has 0 N–H and O–H groups in total. The Morgan fingerprint density at radius 2 is 2.00 bits per heavy atom. The van der Waals surface area contributed by atoms with Crippen LogP contribution >= 0.6 is 11.6 Å². The third kappa shape index (κ3) is 4.25. The van der Waals surface area contributed by atoms with Crippen molar-refractivity contribution in [2.45, 2.75) is 39.3 Å². The second kappa shape index (κ2) is 8.01. The van der Waals surface area contributed by atoms with Crippen molar-refractivity contribution in [2.24, 2.45) is 0 Å². The molecule has 1 heterocycles. The first-order valence-corrected chi connectivity index (χ1v) is 9.24. The summed E-state index contributed by atoms with van der Waals surface area (Å²) >= 11 is 5.97. The normalized spacial score (nSPS) is 16.6. The predicted octanol–water partition coefficient (Wildman–Crippen LogP) is 3.94. The van der Waals surface area contributed by atoms with E-state index in [9.17, 15) is 9.59 Å². The molecule has 0 saturated carbocycles. The highest BCUT2D eigenvalue weighted by molar-refractivity contribution is 6.31. The van der Waals surface area contributed by atoms with E-state index in [0.29, 0.717) is 10.8 Å². The number of carbonyl (C=O) groups is 2. The zero-order valence-electron chi connectivity index (χ0n) is 15.6. The molecule has 0 spiro atoms. The van der Waals surface area contributed by atoms with Crippen molar-refractivity contribution in [3.05, 3.63) is 58.6 Å². The van der Waals surface area contributed by atoms with Crippen LogP contribution < -0.4 is 9.64 Å². The Bertz CT molecular complexity index is 867. The number of hydrogen-bond donors (Lipinski definition) is 0. The molecule has 1 amide bonds. The summed E-state index contributed by atoms with van der Waals surface area (Å²) in [5.74, 6) is -0.304. The summed E-state index contributed by atoms with van der Waals surface area (Å²) in [6.45, 7) is 5.15. The van der Waals surface area contributed by atoms with E-state index in [-0.39, 0.29) is 18.6 Å². The largest absolute Gasteiger partial charge is 0.482 e. The minimum absolute atomic E-state index is 0.0318. The zero-order chi connectivity index (χ0) is 19.6. The van der Waals surface area contributed by atoms with E-state index < -0.39 is 12.1 Å². The number of esters is 1. The maximum Gasteiger partial charge on any atom is 0.344 e. The molecule has 0 saturated heterocycles. The molecule has 3 rings (SSSR count). The average Bonchev–Trinajstić information content (AvgIpc) is 2.97. The molecule has 0 aromatic heterocycles. The SMILES string of the molecule is Cc1cc(OCC(=O)O[C@@H](C)C(=O)N2c3ccccc3C[C@H]2C)ccc1Cl. The number of ether oxygens (including phenoxy) is 2. The summed E-state index contributed by atoms with van der Waals surface area (Å²) in [5, 5.41) is 0.629. The van der Waals surface area contributed by atoms with Gasteiger partial charge in [-0.1, -0.05) is 29.8 Å². The molecule has 27 heavy (non-hydrogen) atoms. The van der Waals surface area contributed by atoms with E-state index in [1.165, 1.54) is 0 Å². The molecule has 2 atom stereocenters. The van der Waals surface area contributed by atoms with Gasteiger partial charge in [0.15, 0.2) is 12.7 Å². The number of amides is 1. The number of rotatable bonds is 5. The fourth-order valence-corrected chi connectivity index (χ4v) is 3.35. The minimum atomic E-state index is -0.887. The topological polar surface area (TPSA) is 55.8 Å². The first-order chi connectivity index (χ1) is 12.9. The van der Waals surface area contributed by atoms with Gasteiger partial charge in [-0.3, -0.25) is 4.79 Å². The Balaban J connectivity index is 1.58. The van der Waals surface area contributed by atoms with Gasteiger partial charge >= 0.3 is 5.97 Å². The van der Waals surface area contributed by atoms with Crippen LogP contribution in [0.15, 0.2) is 42.5 Å². The molecule has 0 aliphatic carbocycles. The van der Waals surface area contributed by atoms with Crippen LogP contribution in [0.4, 0.5) is 5.69 Å². The summed E-state index contributed by atoms with van der Waals surface area (Å²) in [7, 11) is 0. The van der Waals surface area contributed by atoms with Gasteiger partial charge in [0.05, 0.1) is 0 Å². The van der Waals surface area contributed by atoms with Crippen molar-refractivity contribution < 1.29 is 19.1 Å². The van der Waals surface area contributed by atoms with Crippen LogP contribution in [0.25, 0.3) is 0 Å². The van der Waals surface area contributed by atoms with Gasteiger partial charge in [-0.15, -0.1) is 0 Å². The molecule has 0 bridgehead atoms. The monoisotopic (exact) mass is 387 g/mol. The second-order valence-electron chi connectivity index (χ2n) is 6.72. The van der Waals surface area contributed by atoms with Gasteiger partial charge in [-0.25, -0.2) is 4.79 Å². The number of nitrogens with zero attached hydrogens (tertiary/aromatic N) is 1. The lowest BCUT2D eigenvalue weighted by Gasteiger charge is -2.25. The van der Waals surface area contributed by atoms with Crippen LogP contribution in [-0.2, 0) is 20.7 Å². The molecule has 0 unspecified atom stereocenters. The highest BCUT2D eigenvalue weighted by atomic mass is 35.5. The summed E-state index contributed by atoms with van der Waals surface area (Å²) in [5.41, 5.74) is 2.86. The van der Waals surface area contributed by atoms with Crippen LogP contribution in [-0.4, -0.2) is 30.6 Å². The van der Waals surface area contributed by atoms with E-state index in [1.54, 1.807) is 30.0 Å². The van der Waals surface area contributed by atoms with Gasteiger partial charge < -0.3 is 14.4 Å². The van der Waals surface area contributed by atoms with E-state index in [2.05, 4.69) is 0 Å². The lowest BCUT2D eigenvalue weighted by molar-refractivity contribution is -0.155. The third-order valence-corrected chi connectivity index (χ3v) is 5.01. The Labute approximate surface area is 163 Å². The van der Waals surface area contributed by atoms with Gasteiger partial charge in [0.25, 0.3) is 5.91 Å². The number of hydrogen-bond acceptors (Lipinski definition) is 4. The van der Waals surface area contributed by atoms with Crippen LogP contribution in [0.5, 0.6) is 5.75 Å². The molecule has 0 fully saturated rings. The van der Waals surface area contributed by atoms with Crippen LogP contribution in [0.3, 0.4) is 0 Å². The molecular weight excluding hydrogens is 366 g/mol. The highest BCUT2D eigenvalue weighted by Gasteiger charge is 2.34. The third-order valence-electron chi connectivity index (χ3n) is 4.59. The molecule has 2 aromatic carbocycles. The van der Waals surface area contributed by atoms with E-state index in [1.807, 2.05) is 38.1 Å². The Hall–Kier alpha value is -2.53. The van der Waals surface area contributed by atoms with Gasteiger partial charge in [0, 0.05) is 16.8 Å². The summed E-state index contributed by atoms with van der Waals surface area (Å²) in [6, 6.07) is 12.9. The van der Waals surface area contributed by atoms with Crippen LogP contribution in [0.1, 0.15) is 25.0 Å². The number of benzene rings is 2. The maximum atomic E-state index is 12.8. The Morgan fingerprint density at radius 1 is 1.26 bits per heavy atom. The number of para-hydroxylation sites is 1. The molecular formula is C21H22ClNO4. The fraction of sp³-hybridized carbons (Fsp3) is 0.333. The zero-order valence-corrected chi connectivity index (χ0v) is 16.3. The van der Waals surface area contributed by atoms with Gasteiger partial charge in [0.2, 0.25) is 0 Å². The summed E-state index contributed by atoms with van der Waals surface area (Å²) < 4.78 is 10.7. The van der Waals surface area contributed by atoms with Gasteiger partial charge in [0.1, 0.15) is 5.75 Å². The summed E-state index contributed by atoms with van der Waals surface area (Å²) in [6.07, 6.45) is -0.0941. The number of carbonyl (C=O) groups excluding carboxylic acids is 2. The van der Waals surface area contributed by atoms with Gasteiger partial charge in [-0.2, -0.15) is 0 Å². The number of fused-ring (bicyclic) bond motifs is 1. The Morgan fingerprint density at radius 3 is 2.74 bits per heavy atom. The van der Waals surface area contributed by atoms with E-state index in [0.717, 1.165) is 23.2 Å². The molecule has 2 aromatic rings. The van der Waals surface area contributed by atoms with Crippen molar-refractivity contribution in [1.82, 2.24) is 0 Å². The molecule has 1 aliphatic rings. The maximum absolute atomic E-state index is 12.8. The summed E-state index contributed by atoms with van der Waals surface area (Å²) in [4.78, 5) is 26.6. The molecule has 142 valence electrons. The second-order valence-corrected chi connectivity index (χ2v) is 7.13. The van der Waals surface area contributed by atoms with Crippen LogP contribution in [0, 0.1) is 6.92 Å². The predicted molar refractivity (Wildman–Crippen MR) is 104 cm³/mol. The highest BCUT2D eigenvalue weighted by Crippen LogP contribution is 2.32. The van der Waals surface area contributed by atoms with E-state index in [4.69, 9.17) is 21.1 Å². The first kappa shape index (κ1) is 19.2.